The van der Waals surface area contributed by atoms with E-state index in [-0.39, 0.29) is 11.8 Å². The molecule has 1 aliphatic carbocycles. The van der Waals surface area contributed by atoms with Crippen LogP contribution in [0.4, 0.5) is 0 Å². The number of para-hydroxylation sites is 1. The molecule has 1 atom stereocenters. The lowest BCUT2D eigenvalue weighted by Gasteiger charge is -2.50. The maximum atomic E-state index is 6.81. The SMILES string of the molecule is c1ccc(C2CCC3(CC2)Oc2ccccc2C2CC(c4ccc5c(c4)OCCO5)=NN23)cc1. The highest BCUT2D eigenvalue weighted by atomic mass is 16.6. The molecule has 0 amide bonds. The lowest BCUT2D eigenvalue weighted by atomic mass is 9.78. The molecule has 34 heavy (non-hydrogen) atoms. The van der Waals surface area contributed by atoms with Gasteiger partial charge in [0.1, 0.15) is 19.0 Å². The van der Waals surface area contributed by atoms with Crippen molar-refractivity contribution in [2.24, 2.45) is 5.10 Å². The minimum absolute atomic E-state index is 0.196. The lowest BCUT2D eigenvalue weighted by molar-refractivity contribution is -0.142. The Morgan fingerprint density at radius 3 is 2.41 bits per heavy atom. The predicted octanol–water partition coefficient (Wildman–Crippen LogP) is 6.06. The first-order valence-electron chi connectivity index (χ1n) is 12.4. The van der Waals surface area contributed by atoms with E-state index in [9.17, 15) is 0 Å². The molecule has 4 aliphatic rings. The highest BCUT2D eigenvalue weighted by Gasteiger charge is 2.52. The maximum absolute atomic E-state index is 6.81. The van der Waals surface area contributed by atoms with Crippen molar-refractivity contribution in [1.82, 2.24) is 5.01 Å². The van der Waals surface area contributed by atoms with Crippen molar-refractivity contribution in [3.63, 3.8) is 0 Å². The number of hydrogen-bond acceptors (Lipinski definition) is 5. The van der Waals surface area contributed by atoms with E-state index in [1.807, 2.05) is 6.07 Å². The number of hydrazone groups is 1. The van der Waals surface area contributed by atoms with E-state index < -0.39 is 0 Å². The average molecular weight is 453 g/mol. The number of rotatable bonds is 2. The Labute approximate surface area is 200 Å². The van der Waals surface area contributed by atoms with Gasteiger partial charge in [0.05, 0.1) is 11.8 Å². The molecule has 3 heterocycles. The second-order valence-electron chi connectivity index (χ2n) is 9.74. The first-order chi connectivity index (χ1) is 16.8. The topological polar surface area (TPSA) is 43.3 Å². The number of ether oxygens (including phenoxy) is 3. The third-order valence-electron chi connectivity index (χ3n) is 7.82. The van der Waals surface area contributed by atoms with Crippen molar-refractivity contribution in [1.29, 1.82) is 0 Å². The van der Waals surface area contributed by atoms with Gasteiger partial charge in [-0.1, -0.05) is 48.5 Å². The van der Waals surface area contributed by atoms with Gasteiger partial charge in [0.2, 0.25) is 0 Å². The highest BCUT2D eigenvalue weighted by Crippen LogP contribution is 2.53. The highest BCUT2D eigenvalue weighted by molar-refractivity contribution is 6.02. The number of fused-ring (bicyclic) bond motifs is 5. The fourth-order valence-electron chi connectivity index (χ4n) is 6.08. The molecule has 7 rings (SSSR count). The van der Waals surface area contributed by atoms with Crippen LogP contribution in [0.1, 0.15) is 60.8 Å². The zero-order chi connectivity index (χ0) is 22.5. The second kappa shape index (κ2) is 7.79. The molecule has 3 aliphatic heterocycles. The molecule has 5 heteroatoms. The molecule has 0 radical (unpaired) electrons. The summed E-state index contributed by atoms with van der Waals surface area (Å²) in [5.41, 5.74) is 4.47. The largest absolute Gasteiger partial charge is 0.486 e. The third-order valence-corrected chi connectivity index (χ3v) is 7.82. The molecule has 0 N–H and O–H groups in total. The van der Waals surface area contributed by atoms with Gasteiger partial charge in [-0.25, -0.2) is 5.01 Å². The van der Waals surface area contributed by atoms with Crippen LogP contribution < -0.4 is 14.2 Å². The molecule has 1 saturated carbocycles. The fourth-order valence-corrected chi connectivity index (χ4v) is 6.08. The third kappa shape index (κ3) is 3.17. The number of hydrogen-bond donors (Lipinski definition) is 0. The molecule has 0 bridgehead atoms. The first kappa shape index (κ1) is 20.0. The molecular formula is C29H28N2O3. The molecule has 1 unspecified atom stereocenters. The van der Waals surface area contributed by atoms with Gasteiger partial charge in [-0.2, -0.15) is 5.10 Å². The van der Waals surface area contributed by atoms with Gasteiger partial charge in [0.25, 0.3) is 0 Å². The van der Waals surface area contributed by atoms with E-state index in [0.717, 1.165) is 60.6 Å². The van der Waals surface area contributed by atoms with Crippen LogP contribution in [-0.4, -0.2) is 29.7 Å². The van der Waals surface area contributed by atoms with E-state index in [0.29, 0.717) is 19.1 Å². The Morgan fingerprint density at radius 1 is 0.794 bits per heavy atom. The summed E-state index contributed by atoms with van der Waals surface area (Å²) in [6.45, 7) is 1.19. The summed E-state index contributed by atoms with van der Waals surface area (Å²) in [5, 5.41) is 7.53. The Balaban J connectivity index is 1.23. The Kier molecular flexibility index (Phi) is 4.57. The molecular weight excluding hydrogens is 424 g/mol. The molecule has 172 valence electrons. The summed E-state index contributed by atoms with van der Waals surface area (Å²) >= 11 is 0. The van der Waals surface area contributed by atoms with Crippen molar-refractivity contribution in [3.8, 4) is 17.2 Å². The molecule has 3 aromatic carbocycles. The average Bonchev–Trinajstić information content (AvgIpc) is 3.37. The molecule has 0 aromatic heterocycles. The normalized spacial score (nSPS) is 26.9. The number of benzene rings is 3. The minimum Gasteiger partial charge on any atom is -0.486 e. The van der Waals surface area contributed by atoms with Gasteiger partial charge < -0.3 is 14.2 Å². The molecule has 1 fully saturated rings. The zero-order valence-corrected chi connectivity index (χ0v) is 19.2. The smallest absolute Gasteiger partial charge is 0.198 e. The summed E-state index contributed by atoms with van der Waals surface area (Å²) in [7, 11) is 0. The first-order valence-corrected chi connectivity index (χ1v) is 12.4. The summed E-state index contributed by atoms with van der Waals surface area (Å²) in [4.78, 5) is 0. The molecule has 3 aromatic rings. The standard InChI is InChI=1S/C29H28N2O3/c1-2-6-20(7-3-1)21-12-14-29(15-13-21)31-25(23-8-4-5-9-26(23)34-29)19-24(30-31)22-10-11-27-28(18-22)33-17-16-32-27/h1-11,18,21,25H,12-17,19H2. The van der Waals surface area contributed by atoms with Gasteiger partial charge >= 0.3 is 0 Å². The van der Waals surface area contributed by atoms with Crippen LogP contribution in [-0.2, 0) is 0 Å². The fraction of sp³-hybridized carbons (Fsp3) is 0.345. The van der Waals surface area contributed by atoms with Crippen LogP contribution in [0, 0.1) is 0 Å². The summed E-state index contributed by atoms with van der Waals surface area (Å²) < 4.78 is 18.4. The zero-order valence-electron chi connectivity index (χ0n) is 19.2. The van der Waals surface area contributed by atoms with Crippen LogP contribution in [0.2, 0.25) is 0 Å². The minimum atomic E-state index is -0.389. The Hall–Kier alpha value is -3.47. The van der Waals surface area contributed by atoms with Crippen molar-refractivity contribution >= 4 is 5.71 Å². The van der Waals surface area contributed by atoms with Crippen LogP contribution in [0.25, 0.3) is 0 Å². The van der Waals surface area contributed by atoms with E-state index in [1.165, 1.54) is 11.1 Å². The monoisotopic (exact) mass is 452 g/mol. The van der Waals surface area contributed by atoms with Crippen LogP contribution >= 0.6 is 0 Å². The Bertz CT molecular complexity index is 1250. The summed E-state index contributed by atoms with van der Waals surface area (Å²) in [6.07, 6.45) is 5.00. The van der Waals surface area contributed by atoms with Crippen molar-refractivity contribution in [2.75, 3.05) is 13.2 Å². The maximum Gasteiger partial charge on any atom is 0.198 e. The van der Waals surface area contributed by atoms with Gasteiger partial charge in [-0.3, -0.25) is 0 Å². The molecule has 5 nitrogen and oxygen atoms in total. The predicted molar refractivity (Wildman–Crippen MR) is 131 cm³/mol. The number of nitrogens with zero attached hydrogens (tertiary/aromatic N) is 2. The van der Waals surface area contributed by atoms with Crippen LogP contribution in [0.15, 0.2) is 77.9 Å². The quantitative estimate of drug-likeness (QED) is 0.474. The lowest BCUT2D eigenvalue weighted by Crippen LogP contribution is -2.55. The van der Waals surface area contributed by atoms with Gasteiger partial charge in [-0.05, 0) is 48.6 Å². The Morgan fingerprint density at radius 2 is 1.56 bits per heavy atom. The molecule has 1 spiro atoms. The van der Waals surface area contributed by atoms with Gasteiger partial charge in [-0.15, -0.1) is 0 Å². The second-order valence-corrected chi connectivity index (χ2v) is 9.74. The van der Waals surface area contributed by atoms with E-state index in [4.69, 9.17) is 19.3 Å². The van der Waals surface area contributed by atoms with Crippen molar-refractivity contribution < 1.29 is 14.2 Å². The van der Waals surface area contributed by atoms with Gasteiger partial charge in [0.15, 0.2) is 17.2 Å². The van der Waals surface area contributed by atoms with Crippen molar-refractivity contribution in [3.05, 3.63) is 89.5 Å². The summed E-state index contributed by atoms with van der Waals surface area (Å²) in [6, 6.07) is 25.8. The van der Waals surface area contributed by atoms with Crippen LogP contribution in [0.5, 0.6) is 17.2 Å². The summed E-state index contributed by atoms with van der Waals surface area (Å²) in [5.74, 6) is 3.22. The van der Waals surface area contributed by atoms with E-state index in [2.05, 4.69) is 71.7 Å². The van der Waals surface area contributed by atoms with Crippen LogP contribution in [0.3, 0.4) is 0 Å². The molecule has 0 saturated heterocycles. The van der Waals surface area contributed by atoms with Gasteiger partial charge in [0, 0.05) is 30.4 Å². The van der Waals surface area contributed by atoms with Crippen molar-refractivity contribution in [2.45, 2.75) is 49.8 Å². The van der Waals surface area contributed by atoms with E-state index in [1.54, 1.807) is 0 Å². The van der Waals surface area contributed by atoms with E-state index >= 15 is 0 Å².